The molecule has 3 nitrogen and oxygen atoms in total. The van der Waals surface area contributed by atoms with Crippen molar-refractivity contribution in [3.63, 3.8) is 0 Å². The summed E-state index contributed by atoms with van der Waals surface area (Å²) in [5.41, 5.74) is 1.96. The highest BCUT2D eigenvalue weighted by atomic mass is 16.3. The lowest BCUT2D eigenvalue weighted by atomic mass is 10.1. The van der Waals surface area contributed by atoms with Gasteiger partial charge in [-0.3, -0.25) is 4.79 Å². The van der Waals surface area contributed by atoms with E-state index < -0.39 is 0 Å². The molecule has 0 aromatic heterocycles. The Bertz CT molecular complexity index is 397. The van der Waals surface area contributed by atoms with Crippen molar-refractivity contribution in [2.24, 2.45) is 5.92 Å². The third-order valence-corrected chi connectivity index (χ3v) is 2.90. The number of hydrogen-bond acceptors (Lipinski definition) is 2. The van der Waals surface area contributed by atoms with Crippen LogP contribution in [0.4, 0.5) is 0 Å². The van der Waals surface area contributed by atoms with Gasteiger partial charge in [0.1, 0.15) is 5.75 Å². The second kappa shape index (κ2) is 4.56. The van der Waals surface area contributed by atoms with Gasteiger partial charge in [0.15, 0.2) is 0 Å². The minimum Gasteiger partial charge on any atom is -0.508 e. The third-order valence-electron chi connectivity index (χ3n) is 2.90. The Hall–Kier alpha value is -1.51. The van der Waals surface area contributed by atoms with E-state index in [1.54, 1.807) is 6.07 Å². The molecule has 1 amide bonds. The molecule has 1 aromatic rings. The molecule has 0 spiro atoms. The van der Waals surface area contributed by atoms with E-state index in [4.69, 9.17) is 0 Å². The molecular formula is C13H17NO2. The third kappa shape index (κ3) is 2.99. The lowest BCUT2D eigenvalue weighted by Gasteiger charge is -2.07. The number of amides is 1. The summed E-state index contributed by atoms with van der Waals surface area (Å²) in [7, 11) is 0. The van der Waals surface area contributed by atoms with Crippen LogP contribution < -0.4 is 5.32 Å². The fourth-order valence-electron chi connectivity index (χ4n) is 1.75. The van der Waals surface area contributed by atoms with Gasteiger partial charge in [0.05, 0.1) is 0 Å². The van der Waals surface area contributed by atoms with Gasteiger partial charge in [0.25, 0.3) is 0 Å². The van der Waals surface area contributed by atoms with Gasteiger partial charge < -0.3 is 10.4 Å². The highest BCUT2D eigenvalue weighted by Crippen LogP contribution is 2.35. The monoisotopic (exact) mass is 219 g/mol. The van der Waals surface area contributed by atoms with E-state index in [0.717, 1.165) is 23.5 Å². The molecule has 1 saturated carbocycles. The van der Waals surface area contributed by atoms with Gasteiger partial charge in [0.2, 0.25) is 5.91 Å². The summed E-state index contributed by atoms with van der Waals surface area (Å²) >= 11 is 0. The zero-order valence-corrected chi connectivity index (χ0v) is 9.49. The summed E-state index contributed by atoms with van der Waals surface area (Å²) in [6.07, 6.45) is 3.55. The van der Waals surface area contributed by atoms with E-state index in [1.807, 2.05) is 12.1 Å². The second-order valence-electron chi connectivity index (χ2n) is 4.52. The van der Waals surface area contributed by atoms with Crippen molar-refractivity contribution >= 4 is 5.91 Å². The molecule has 0 atom stereocenters. The van der Waals surface area contributed by atoms with Crippen molar-refractivity contribution < 1.29 is 9.90 Å². The number of carbonyl (C=O) groups excluding carboxylic acids is 1. The summed E-state index contributed by atoms with van der Waals surface area (Å²) in [6.45, 7) is 1.97. The summed E-state index contributed by atoms with van der Waals surface area (Å²) < 4.78 is 0. The molecule has 0 unspecified atom stereocenters. The van der Waals surface area contributed by atoms with Gasteiger partial charge in [0, 0.05) is 13.5 Å². The second-order valence-corrected chi connectivity index (χ2v) is 4.52. The minimum atomic E-state index is -0.0541. The predicted molar refractivity (Wildman–Crippen MR) is 62.1 cm³/mol. The number of hydrogen-bond donors (Lipinski definition) is 2. The SMILES string of the molecule is CC(=O)NCc1ccc(CC2CC2)c(O)c1. The van der Waals surface area contributed by atoms with Gasteiger partial charge in [-0.05, 0) is 42.4 Å². The summed E-state index contributed by atoms with van der Waals surface area (Å²) in [5.74, 6) is 1.07. The molecule has 1 aromatic carbocycles. The topological polar surface area (TPSA) is 49.3 Å². The van der Waals surface area contributed by atoms with Crippen LogP contribution in [0.3, 0.4) is 0 Å². The molecular weight excluding hydrogens is 202 g/mol. The Balaban J connectivity index is 2.00. The Morgan fingerprint density at radius 2 is 2.25 bits per heavy atom. The van der Waals surface area contributed by atoms with E-state index in [0.29, 0.717) is 12.3 Å². The van der Waals surface area contributed by atoms with Crippen molar-refractivity contribution in [3.05, 3.63) is 29.3 Å². The Morgan fingerprint density at radius 3 is 2.81 bits per heavy atom. The van der Waals surface area contributed by atoms with Crippen molar-refractivity contribution in [1.82, 2.24) is 5.32 Å². The molecule has 2 N–H and O–H groups in total. The van der Waals surface area contributed by atoms with Gasteiger partial charge in [-0.1, -0.05) is 12.1 Å². The molecule has 16 heavy (non-hydrogen) atoms. The largest absolute Gasteiger partial charge is 0.508 e. The van der Waals surface area contributed by atoms with Crippen LogP contribution in [0.15, 0.2) is 18.2 Å². The van der Waals surface area contributed by atoms with Crippen LogP contribution >= 0.6 is 0 Å². The molecule has 0 bridgehead atoms. The molecule has 1 fully saturated rings. The first-order chi connectivity index (χ1) is 7.65. The maximum atomic E-state index is 10.7. The number of aromatic hydroxyl groups is 1. The lowest BCUT2D eigenvalue weighted by molar-refractivity contribution is -0.119. The van der Waals surface area contributed by atoms with Crippen molar-refractivity contribution in [1.29, 1.82) is 0 Å². The van der Waals surface area contributed by atoms with Gasteiger partial charge in [-0.15, -0.1) is 0 Å². The molecule has 0 heterocycles. The van der Waals surface area contributed by atoms with Crippen molar-refractivity contribution in [2.45, 2.75) is 32.7 Å². The highest BCUT2D eigenvalue weighted by Gasteiger charge is 2.22. The number of rotatable bonds is 4. The van der Waals surface area contributed by atoms with Crippen LogP contribution in [0.5, 0.6) is 5.75 Å². The first-order valence-corrected chi connectivity index (χ1v) is 5.70. The molecule has 86 valence electrons. The molecule has 3 heteroatoms. The van der Waals surface area contributed by atoms with Crippen LogP contribution in [-0.2, 0) is 17.8 Å². The molecule has 0 aliphatic heterocycles. The first-order valence-electron chi connectivity index (χ1n) is 5.70. The van der Waals surface area contributed by atoms with Gasteiger partial charge >= 0.3 is 0 Å². The average molecular weight is 219 g/mol. The number of carbonyl (C=O) groups is 1. The van der Waals surface area contributed by atoms with Crippen LogP contribution in [0.2, 0.25) is 0 Å². The Labute approximate surface area is 95.5 Å². The standard InChI is InChI=1S/C13H17NO2/c1-9(15)14-8-11-4-5-12(13(16)7-11)6-10-2-3-10/h4-5,7,10,16H,2-3,6,8H2,1H3,(H,14,15). The van der Waals surface area contributed by atoms with Crippen LogP contribution in [0.25, 0.3) is 0 Å². The van der Waals surface area contributed by atoms with Gasteiger partial charge in [-0.25, -0.2) is 0 Å². The maximum Gasteiger partial charge on any atom is 0.217 e. The fourth-order valence-corrected chi connectivity index (χ4v) is 1.75. The maximum absolute atomic E-state index is 10.7. The van der Waals surface area contributed by atoms with E-state index in [-0.39, 0.29) is 5.91 Å². The molecule has 1 aliphatic carbocycles. The average Bonchev–Trinajstić information content (AvgIpc) is 3.02. The minimum absolute atomic E-state index is 0.0541. The predicted octanol–water partition coefficient (Wildman–Crippen LogP) is 1.98. The highest BCUT2D eigenvalue weighted by molar-refractivity contribution is 5.72. The molecule has 0 saturated heterocycles. The Morgan fingerprint density at radius 1 is 1.50 bits per heavy atom. The summed E-state index contributed by atoms with van der Waals surface area (Å²) in [6, 6.07) is 5.67. The van der Waals surface area contributed by atoms with Crippen LogP contribution in [-0.4, -0.2) is 11.0 Å². The van der Waals surface area contributed by atoms with Crippen molar-refractivity contribution in [3.8, 4) is 5.75 Å². The van der Waals surface area contributed by atoms with E-state index in [2.05, 4.69) is 5.32 Å². The first kappa shape index (κ1) is 11.0. The molecule has 1 aliphatic rings. The van der Waals surface area contributed by atoms with Crippen LogP contribution in [0.1, 0.15) is 30.9 Å². The smallest absolute Gasteiger partial charge is 0.217 e. The van der Waals surface area contributed by atoms with Crippen LogP contribution in [0, 0.1) is 5.92 Å². The zero-order chi connectivity index (χ0) is 11.5. The van der Waals surface area contributed by atoms with E-state index in [9.17, 15) is 9.90 Å². The number of phenolic OH excluding ortho intramolecular Hbond substituents is 1. The zero-order valence-electron chi connectivity index (χ0n) is 9.49. The summed E-state index contributed by atoms with van der Waals surface area (Å²) in [4.78, 5) is 10.7. The lowest BCUT2D eigenvalue weighted by Crippen LogP contribution is -2.18. The number of phenols is 1. The summed E-state index contributed by atoms with van der Waals surface area (Å²) in [5, 5.41) is 12.5. The Kier molecular flexibility index (Phi) is 3.13. The molecule has 0 radical (unpaired) electrons. The van der Waals surface area contributed by atoms with E-state index >= 15 is 0 Å². The van der Waals surface area contributed by atoms with E-state index in [1.165, 1.54) is 19.8 Å². The van der Waals surface area contributed by atoms with Crippen molar-refractivity contribution in [2.75, 3.05) is 0 Å². The number of benzene rings is 1. The molecule has 2 rings (SSSR count). The fraction of sp³-hybridized carbons (Fsp3) is 0.462. The van der Waals surface area contributed by atoms with Gasteiger partial charge in [-0.2, -0.15) is 0 Å². The number of nitrogens with one attached hydrogen (secondary N) is 1. The quantitative estimate of drug-likeness (QED) is 0.813. The normalized spacial score (nSPS) is 14.8.